The van der Waals surface area contributed by atoms with Crippen LogP contribution in [0.4, 0.5) is 0 Å². The molecule has 0 aliphatic carbocycles. The van der Waals surface area contributed by atoms with E-state index in [4.69, 9.17) is 9.15 Å². The van der Waals surface area contributed by atoms with E-state index in [2.05, 4.69) is 0 Å². The van der Waals surface area contributed by atoms with Crippen molar-refractivity contribution in [3.63, 3.8) is 0 Å². The normalized spacial score (nSPS) is 17.2. The van der Waals surface area contributed by atoms with Gasteiger partial charge in [-0.25, -0.2) is 0 Å². The second-order valence-corrected chi connectivity index (χ2v) is 4.90. The number of benzene rings is 1. The van der Waals surface area contributed by atoms with Gasteiger partial charge in [-0.05, 0) is 31.9 Å². The number of ether oxygens (including phenoxy) is 1. The molecule has 1 aliphatic heterocycles. The van der Waals surface area contributed by atoms with Gasteiger partial charge in [0.25, 0.3) is 0 Å². The Hall–Kier alpha value is -1.61. The highest BCUT2D eigenvalue weighted by Gasteiger charge is 2.19. The topological polar surface area (TPSA) is 39.4 Å². The number of hydrogen-bond acceptors (Lipinski definition) is 3. The lowest BCUT2D eigenvalue weighted by Gasteiger charge is -2.21. The molecule has 0 atom stereocenters. The van der Waals surface area contributed by atoms with Gasteiger partial charge in [-0.2, -0.15) is 0 Å². The molecule has 3 heteroatoms. The van der Waals surface area contributed by atoms with Gasteiger partial charge in [0.2, 0.25) is 0 Å². The van der Waals surface area contributed by atoms with Crippen LogP contribution in [0.2, 0.25) is 0 Å². The molecule has 1 aromatic heterocycles. The summed E-state index contributed by atoms with van der Waals surface area (Å²) < 4.78 is 11.2. The molecule has 3 nitrogen and oxygen atoms in total. The molecule has 2 heterocycles. The van der Waals surface area contributed by atoms with Gasteiger partial charge in [0.15, 0.2) is 5.43 Å². The van der Waals surface area contributed by atoms with E-state index in [0.717, 1.165) is 37.4 Å². The van der Waals surface area contributed by atoms with Gasteiger partial charge in [-0.3, -0.25) is 4.79 Å². The lowest BCUT2D eigenvalue weighted by atomic mass is 9.96. The Morgan fingerprint density at radius 2 is 1.94 bits per heavy atom. The van der Waals surface area contributed by atoms with Crippen molar-refractivity contribution in [1.82, 2.24) is 0 Å². The van der Waals surface area contributed by atoms with Crippen molar-refractivity contribution in [1.29, 1.82) is 0 Å². The lowest BCUT2D eigenvalue weighted by molar-refractivity contribution is 0.0807. The minimum atomic E-state index is 0.0569. The van der Waals surface area contributed by atoms with E-state index in [1.165, 1.54) is 0 Å². The van der Waals surface area contributed by atoms with Crippen molar-refractivity contribution in [3.8, 4) is 0 Å². The molecule has 3 rings (SSSR count). The van der Waals surface area contributed by atoms with E-state index in [1.807, 2.05) is 25.1 Å². The smallest absolute Gasteiger partial charge is 0.192 e. The predicted molar refractivity (Wildman–Crippen MR) is 70.0 cm³/mol. The van der Waals surface area contributed by atoms with E-state index in [1.54, 1.807) is 6.07 Å². The van der Waals surface area contributed by atoms with Gasteiger partial charge in [0.05, 0.1) is 5.39 Å². The van der Waals surface area contributed by atoms with E-state index >= 15 is 0 Å². The molecule has 0 spiro atoms. The zero-order valence-corrected chi connectivity index (χ0v) is 10.4. The summed E-state index contributed by atoms with van der Waals surface area (Å²) >= 11 is 0. The molecule has 0 bridgehead atoms. The van der Waals surface area contributed by atoms with Crippen LogP contribution in [0.25, 0.3) is 11.0 Å². The number of hydrogen-bond donors (Lipinski definition) is 0. The minimum Gasteiger partial charge on any atom is -0.461 e. The van der Waals surface area contributed by atoms with Gasteiger partial charge in [0.1, 0.15) is 11.3 Å². The summed E-state index contributed by atoms with van der Waals surface area (Å²) in [6.07, 6.45) is 1.86. The zero-order valence-electron chi connectivity index (χ0n) is 10.4. The molecular weight excluding hydrogens is 228 g/mol. The fourth-order valence-electron chi connectivity index (χ4n) is 2.47. The highest BCUT2D eigenvalue weighted by molar-refractivity contribution is 5.77. The summed E-state index contributed by atoms with van der Waals surface area (Å²) in [5.41, 5.74) is 1.82. The maximum absolute atomic E-state index is 12.1. The maximum atomic E-state index is 12.1. The first-order valence-electron chi connectivity index (χ1n) is 6.36. The van der Waals surface area contributed by atoms with Crippen molar-refractivity contribution >= 4 is 11.0 Å². The van der Waals surface area contributed by atoms with Crippen LogP contribution in [-0.2, 0) is 4.74 Å². The van der Waals surface area contributed by atoms with Gasteiger partial charge >= 0.3 is 0 Å². The molecule has 1 aromatic carbocycles. The standard InChI is InChI=1S/C15H16O3/c1-10-2-3-14-12(8-10)13(16)9-15(18-14)11-4-6-17-7-5-11/h2-3,8-9,11H,4-7H2,1H3. The molecule has 0 radical (unpaired) electrons. The summed E-state index contributed by atoms with van der Waals surface area (Å²) in [5, 5.41) is 0.672. The minimum absolute atomic E-state index is 0.0569. The average molecular weight is 244 g/mol. The van der Waals surface area contributed by atoms with Gasteiger partial charge < -0.3 is 9.15 Å². The highest BCUT2D eigenvalue weighted by Crippen LogP contribution is 2.27. The van der Waals surface area contributed by atoms with Crippen LogP contribution in [0.3, 0.4) is 0 Å². The van der Waals surface area contributed by atoms with Crippen LogP contribution < -0.4 is 5.43 Å². The van der Waals surface area contributed by atoms with Crippen LogP contribution in [0.15, 0.2) is 33.5 Å². The van der Waals surface area contributed by atoms with Crippen LogP contribution >= 0.6 is 0 Å². The van der Waals surface area contributed by atoms with Crippen LogP contribution in [-0.4, -0.2) is 13.2 Å². The van der Waals surface area contributed by atoms with Crippen LogP contribution in [0.1, 0.15) is 30.1 Å². The van der Waals surface area contributed by atoms with Gasteiger partial charge in [-0.15, -0.1) is 0 Å². The van der Waals surface area contributed by atoms with Crippen molar-refractivity contribution in [2.45, 2.75) is 25.7 Å². The van der Waals surface area contributed by atoms with Gasteiger partial charge in [0, 0.05) is 25.2 Å². The average Bonchev–Trinajstić information content (AvgIpc) is 2.40. The Labute approximate surface area is 105 Å². The van der Waals surface area contributed by atoms with Crippen LogP contribution in [0.5, 0.6) is 0 Å². The van der Waals surface area contributed by atoms with Crippen LogP contribution in [0, 0.1) is 6.92 Å². The summed E-state index contributed by atoms with van der Waals surface area (Å²) in [7, 11) is 0. The van der Waals surface area contributed by atoms with Gasteiger partial charge in [-0.1, -0.05) is 11.6 Å². The molecule has 1 saturated heterocycles. The quantitative estimate of drug-likeness (QED) is 0.774. The first-order chi connectivity index (χ1) is 8.74. The summed E-state index contributed by atoms with van der Waals surface area (Å²) in [4.78, 5) is 12.1. The third kappa shape index (κ3) is 2.06. The second-order valence-electron chi connectivity index (χ2n) is 4.90. The summed E-state index contributed by atoms with van der Waals surface area (Å²) in [6.45, 7) is 3.48. The Bertz CT molecular complexity index is 621. The van der Waals surface area contributed by atoms with E-state index in [-0.39, 0.29) is 5.43 Å². The molecule has 2 aromatic rings. The second kappa shape index (κ2) is 4.58. The largest absolute Gasteiger partial charge is 0.461 e. The van der Waals surface area contributed by atoms with Crippen molar-refractivity contribution < 1.29 is 9.15 Å². The fourth-order valence-corrected chi connectivity index (χ4v) is 2.47. The fraction of sp³-hybridized carbons (Fsp3) is 0.400. The van der Waals surface area contributed by atoms with Crippen molar-refractivity contribution in [2.24, 2.45) is 0 Å². The number of fused-ring (bicyclic) bond motifs is 1. The Balaban J connectivity index is 2.09. The van der Waals surface area contributed by atoms with Crippen molar-refractivity contribution in [2.75, 3.05) is 13.2 Å². The SMILES string of the molecule is Cc1ccc2oc(C3CCOCC3)cc(=O)c2c1. The molecule has 0 amide bonds. The Morgan fingerprint density at radius 3 is 2.72 bits per heavy atom. The molecule has 0 saturated carbocycles. The molecule has 1 aliphatic rings. The monoisotopic (exact) mass is 244 g/mol. The molecule has 0 N–H and O–H groups in total. The zero-order chi connectivity index (χ0) is 12.5. The first kappa shape index (κ1) is 11.5. The lowest BCUT2D eigenvalue weighted by Crippen LogP contribution is -2.15. The maximum Gasteiger partial charge on any atom is 0.192 e. The molecular formula is C15H16O3. The van der Waals surface area contributed by atoms with E-state index in [9.17, 15) is 4.79 Å². The third-order valence-corrected chi connectivity index (χ3v) is 3.53. The van der Waals surface area contributed by atoms with Crippen molar-refractivity contribution in [3.05, 3.63) is 45.8 Å². The Morgan fingerprint density at radius 1 is 1.17 bits per heavy atom. The first-order valence-corrected chi connectivity index (χ1v) is 6.36. The Kier molecular flexibility index (Phi) is 2.92. The molecule has 1 fully saturated rings. The molecule has 0 unspecified atom stereocenters. The molecule has 18 heavy (non-hydrogen) atoms. The predicted octanol–water partition coefficient (Wildman–Crippen LogP) is 3.00. The molecule has 94 valence electrons. The number of rotatable bonds is 1. The van der Waals surface area contributed by atoms with E-state index in [0.29, 0.717) is 16.9 Å². The van der Waals surface area contributed by atoms with E-state index < -0.39 is 0 Å². The summed E-state index contributed by atoms with van der Waals surface area (Å²) in [6, 6.07) is 7.39. The highest BCUT2D eigenvalue weighted by atomic mass is 16.5. The number of aryl methyl sites for hydroxylation is 1. The third-order valence-electron chi connectivity index (χ3n) is 3.53. The summed E-state index contributed by atoms with van der Waals surface area (Å²) in [5.74, 6) is 1.12.